The number of carbonyl (C=O) groups excluding carboxylic acids is 1. The van der Waals surface area contributed by atoms with Gasteiger partial charge in [-0.1, -0.05) is 0 Å². The monoisotopic (exact) mass is 280 g/mol. The third-order valence-electron chi connectivity index (χ3n) is 3.30. The summed E-state index contributed by atoms with van der Waals surface area (Å²) < 4.78 is 10.7. The van der Waals surface area contributed by atoms with Crippen LogP contribution < -0.4 is 10.5 Å². The number of methoxy groups -OCH3 is 1. The largest absolute Gasteiger partial charge is 0.495 e. The molecule has 3 N–H and O–H groups in total. The Morgan fingerprint density at radius 1 is 1.55 bits per heavy atom. The third kappa shape index (κ3) is 3.02. The van der Waals surface area contributed by atoms with Gasteiger partial charge in [-0.25, -0.2) is 0 Å². The molecule has 0 bridgehead atoms. The van der Waals surface area contributed by atoms with E-state index in [1.807, 2.05) is 6.92 Å². The van der Waals surface area contributed by atoms with Gasteiger partial charge in [-0.15, -0.1) is 0 Å². The number of carbonyl (C=O) groups is 1. The summed E-state index contributed by atoms with van der Waals surface area (Å²) in [6.07, 6.45) is -0.432. The van der Waals surface area contributed by atoms with Crippen molar-refractivity contribution in [2.24, 2.45) is 0 Å². The lowest BCUT2D eigenvalue weighted by atomic mass is 10.1. The highest BCUT2D eigenvalue weighted by Gasteiger charge is 2.28. The minimum atomic E-state index is -0.335. The molecule has 1 heterocycles. The molecular formula is C14H20N2O4. The van der Waals surface area contributed by atoms with Gasteiger partial charge in [0, 0.05) is 18.7 Å². The van der Waals surface area contributed by atoms with E-state index in [0.29, 0.717) is 30.1 Å². The first-order chi connectivity index (χ1) is 9.55. The summed E-state index contributed by atoms with van der Waals surface area (Å²) in [7, 11) is 1.51. The zero-order valence-corrected chi connectivity index (χ0v) is 11.7. The molecular weight excluding hydrogens is 260 g/mol. The number of aliphatic hydroxyl groups is 1. The molecule has 0 radical (unpaired) electrons. The van der Waals surface area contributed by atoms with Crippen LogP contribution in [0.3, 0.4) is 0 Å². The number of nitrogens with two attached hydrogens (primary N) is 1. The molecule has 0 saturated carbocycles. The van der Waals surface area contributed by atoms with Crippen LogP contribution in [0, 0.1) is 0 Å². The van der Waals surface area contributed by atoms with Gasteiger partial charge in [-0.05, 0) is 25.1 Å². The maximum absolute atomic E-state index is 12.5. The molecule has 1 fully saturated rings. The minimum absolute atomic E-state index is 0.0967. The lowest BCUT2D eigenvalue weighted by Crippen LogP contribution is -2.50. The molecule has 2 rings (SSSR count). The Morgan fingerprint density at radius 2 is 2.30 bits per heavy atom. The van der Waals surface area contributed by atoms with Gasteiger partial charge in [0.2, 0.25) is 0 Å². The van der Waals surface area contributed by atoms with Crippen molar-refractivity contribution in [2.75, 3.05) is 32.5 Å². The van der Waals surface area contributed by atoms with Gasteiger partial charge < -0.3 is 25.2 Å². The van der Waals surface area contributed by atoms with Gasteiger partial charge in [0.25, 0.3) is 5.91 Å². The van der Waals surface area contributed by atoms with Crippen LogP contribution in [-0.2, 0) is 4.74 Å². The lowest BCUT2D eigenvalue weighted by Gasteiger charge is -2.36. The number of aliphatic hydroxyl groups excluding tert-OH is 1. The topological polar surface area (TPSA) is 85.0 Å². The molecule has 0 aromatic heterocycles. The van der Waals surface area contributed by atoms with Crippen molar-refractivity contribution in [3.8, 4) is 5.75 Å². The molecule has 1 saturated heterocycles. The molecule has 2 atom stereocenters. The van der Waals surface area contributed by atoms with E-state index in [2.05, 4.69) is 0 Å². The van der Waals surface area contributed by atoms with Crippen molar-refractivity contribution in [3.63, 3.8) is 0 Å². The summed E-state index contributed by atoms with van der Waals surface area (Å²) in [6.45, 7) is 2.67. The molecule has 110 valence electrons. The molecule has 1 aromatic carbocycles. The summed E-state index contributed by atoms with van der Waals surface area (Å²) in [6, 6.07) is 4.96. The van der Waals surface area contributed by atoms with E-state index in [1.54, 1.807) is 23.1 Å². The van der Waals surface area contributed by atoms with Crippen LogP contribution >= 0.6 is 0 Å². The van der Waals surface area contributed by atoms with Gasteiger partial charge >= 0.3 is 0 Å². The van der Waals surface area contributed by atoms with Crippen molar-refractivity contribution in [2.45, 2.75) is 19.1 Å². The zero-order chi connectivity index (χ0) is 14.7. The van der Waals surface area contributed by atoms with E-state index in [4.69, 9.17) is 15.2 Å². The lowest BCUT2D eigenvalue weighted by molar-refractivity contribution is -0.0858. The van der Waals surface area contributed by atoms with E-state index in [9.17, 15) is 9.90 Å². The summed E-state index contributed by atoms with van der Waals surface area (Å²) in [4.78, 5) is 14.2. The van der Waals surface area contributed by atoms with Crippen molar-refractivity contribution in [1.29, 1.82) is 0 Å². The van der Waals surface area contributed by atoms with Crippen LogP contribution in [-0.4, -0.2) is 54.9 Å². The molecule has 1 aliphatic heterocycles. The number of amides is 1. The second-order valence-electron chi connectivity index (χ2n) is 4.92. The van der Waals surface area contributed by atoms with Crippen LogP contribution in [0.2, 0.25) is 0 Å². The van der Waals surface area contributed by atoms with E-state index in [0.717, 1.165) is 0 Å². The smallest absolute Gasteiger partial charge is 0.254 e. The van der Waals surface area contributed by atoms with Gasteiger partial charge in [-0.2, -0.15) is 0 Å². The molecule has 20 heavy (non-hydrogen) atoms. The standard InChI is InChI=1S/C14H20N2O4/c1-9-6-16(7-11(8-17)20-9)14(18)10-3-4-12(15)13(5-10)19-2/h3-5,9,11,17H,6-8,15H2,1-2H3. The van der Waals surface area contributed by atoms with E-state index in [1.165, 1.54) is 7.11 Å². The fourth-order valence-corrected chi connectivity index (χ4v) is 2.34. The predicted octanol–water partition coefficient (Wildman–Crippen LogP) is 0.499. The Kier molecular flexibility index (Phi) is 4.46. The van der Waals surface area contributed by atoms with E-state index < -0.39 is 0 Å². The van der Waals surface area contributed by atoms with Crippen LogP contribution in [0.25, 0.3) is 0 Å². The summed E-state index contributed by atoms with van der Waals surface area (Å²) in [5.41, 5.74) is 6.75. The molecule has 0 spiro atoms. The van der Waals surface area contributed by atoms with Gasteiger partial charge in [0.15, 0.2) is 0 Å². The number of ether oxygens (including phenoxy) is 2. The molecule has 6 heteroatoms. The number of rotatable bonds is 3. The Balaban J connectivity index is 2.18. The first-order valence-electron chi connectivity index (χ1n) is 6.54. The Labute approximate surface area is 118 Å². The Hall–Kier alpha value is -1.79. The third-order valence-corrected chi connectivity index (χ3v) is 3.30. The molecule has 6 nitrogen and oxygen atoms in total. The zero-order valence-electron chi connectivity index (χ0n) is 11.7. The molecule has 1 aliphatic rings. The van der Waals surface area contributed by atoms with Crippen molar-refractivity contribution >= 4 is 11.6 Å². The van der Waals surface area contributed by atoms with E-state index >= 15 is 0 Å². The summed E-state index contributed by atoms with van der Waals surface area (Å²) in [5.74, 6) is 0.368. The molecule has 1 aromatic rings. The number of hydrogen-bond donors (Lipinski definition) is 2. The maximum atomic E-state index is 12.5. The minimum Gasteiger partial charge on any atom is -0.495 e. The SMILES string of the molecule is COc1cc(C(=O)N2CC(C)OC(CO)C2)ccc1N. The molecule has 2 unspecified atom stereocenters. The van der Waals surface area contributed by atoms with Gasteiger partial charge in [-0.3, -0.25) is 4.79 Å². The quantitative estimate of drug-likeness (QED) is 0.788. The van der Waals surface area contributed by atoms with Gasteiger partial charge in [0.1, 0.15) is 5.75 Å². The number of benzene rings is 1. The van der Waals surface area contributed by atoms with Crippen LogP contribution in [0.5, 0.6) is 5.75 Å². The normalized spacial score (nSPS) is 22.6. The summed E-state index contributed by atoms with van der Waals surface area (Å²) in [5, 5.41) is 9.20. The molecule has 0 aliphatic carbocycles. The maximum Gasteiger partial charge on any atom is 0.254 e. The highest BCUT2D eigenvalue weighted by molar-refractivity contribution is 5.95. The number of nitrogens with zero attached hydrogens (tertiary/aromatic N) is 1. The first kappa shape index (κ1) is 14.6. The second-order valence-corrected chi connectivity index (χ2v) is 4.92. The van der Waals surface area contributed by atoms with E-state index in [-0.39, 0.29) is 24.7 Å². The van der Waals surface area contributed by atoms with Crippen molar-refractivity contribution < 1.29 is 19.4 Å². The second kappa shape index (κ2) is 6.11. The fraction of sp³-hybridized carbons (Fsp3) is 0.500. The number of morpholine rings is 1. The summed E-state index contributed by atoms with van der Waals surface area (Å²) >= 11 is 0. The first-order valence-corrected chi connectivity index (χ1v) is 6.54. The number of anilines is 1. The fourth-order valence-electron chi connectivity index (χ4n) is 2.34. The number of nitrogen functional groups attached to an aromatic ring is 1. The Bertz CT molecular complexity index is 492. The average molecular weight is 280 g/mol. The molecule has 1 amide bonds. The highest BCUT2D eigenvalue weighted by Crippen LogP contribution is 2.24. The van der Waals surface area contributed by atoms with Crippen molar-refractivity contribution in [3.05, 3.63) is 23.8 Å². The predicted molar refractivity (Wildman–Crippen MR) is 74.7 cm³/mol. The number of hydrogen-bond acceptors (Lipinski definition) is 5. The Morgan fingerprint density at radius 3 is 2.95 bits per heavy atom. The average Bonchev–Trinajstić information content (AvgIpc) is 2.46. The van der Waals surface area contributed by atoms with Crippen molar-refractivity contribution in [1.82, 2.24) is 4.90 Å². The van der Waals surface area contributed by atoms with Crippen LogP contribution in [0.1, 0.15) is 17.3 Å². The van der Waals surface area contributed by atoms with Gasteiger partial charge in [0.05, 0.1) is 31.6 Å². The van der Waals surface area contributed by atoms with Crippen LogP contribution in [0.4, 0.5) is 5.69 Å². The van der Waals surface area contributed by atoms with Crippen LogP contribution in [0.15, 0.2) is 18.2 Å². The highest BCUT2D eigenvalue weighted by atomic mass is 16.5.